The largest absolute Gasteiger partial charge is 0.338 e. The lowest BCUT2D eigenvalue weighted by molar-refractivity contribution is -0.135. The van der Waals surface area contributed by atoms with Crippen LogP contribution in [0.4, 0.5) is 0 Å². The number of amidine groups is 1. The molecule has 34 heavy (non-hydrogen) atoms. The van der Waals surface area contributed by atoms with Crippen molar-refractivity contribution in [2.45, 2.75) is 31.2 Å². The van der Waals surface area contributed by atoms with Crippen molar-refractivity contribution in [2.75, 3.05) is 32.7 Å². The number of piperazine rings is 1. The third-order valence-corrected chi connectivity index (χ3v) is 7.92. The van der Waals surface area contributed by atoms with Gasteiger partial charge in [-0.3, -0.25) is 19.4 Å². The number of benzene rings is 2. The number of carbonyl (C=O) groups is 1. The first kappa shape index (κ1) is 24.2. The van der Waals surface area contributed by atoms with Crippen LogP contribution in [0.15, 0.2) is 70.6 Å². The first-order chi connectivity index (χ1) is 16.4. The number of carbonyl (C=O) groups excluding carboxylic acids is 1. The van der Waals surface area contributed by atoms with Gasteiger partial charge in [0.1, 0.15) is 11.9 Å². The Labute approximate surface area is 202 Å². The van der Waals surface area contributed by atoms with E-state index in [4.69, 9.17) is 0 Å². The first-order valence-electron chi connectivity index (χ1n) is 11.8. The number of rotatable bonds is 7. The molecule has 1 N–H and O–H groups in total. The Morgan fingerprint density at radius 2 is 1.74 bits per heavy atom. The number of amides is 1. The predicted octanol–water partition coefficient (Wildman–Crippen LogP) is 3.00. The van der Waals surface area contributed by atoms with Gasteiger partial charge >= 0.3 is 0 Å². The fraction of sp³-hybridized carbons (Fsp3) is 0.385. The van der Waals surface area contributed by atoms with Gasteiger partial charge in [0.05, 0.1) is 4.90 Å². The minimum absolute atomic E-state index is 0.0101. The van der Waals surface area contributed by atoms with Gasteiger partial charge in [-0.25, -0.2) is 8.42 Å². The van der Waals surface area contributed by atoms with E-state index in [1.54, 1.807) is 24.3 Å². The molecule has 2 aliphatic heterocycles. The zero-order valence-corrected chi connectivity index (χ0v) is 20.5. The van der Waals surface area contributed by atoms with Gasteiger partial charge in [-0.15, -0.1) is 0 Å². The van der Waals surface area contributed by atoms with Crippen LogP contribution in [0.2, 0.25) is 0 Å². The fourth-order valence-electron chi connectivity index (χ4n) is 4.26. The summed E-state index contributed by atoms with van der Waals surface area (Å²) in [5, 5.41) is 0. The van der Waals surface area contributed by atoms with E-state index < -0.39 is 16.1 Å². The Balaban J connectivity index is 1.42. The molecule has 0 unspecified atom stereocenters. The summed E-state index contributed by atoms with van der Waals surface area (Å²) < 4.78 is 27.5. The van der Waals surface area contributed by atoms with Crippen LogP contribution >= 0.6 is 0 Å². The number of nitrogens with one attached hydrogen (secondary N) is 1. The molecule has 1 fully saturated rings. The van der Waals surface area contributed by atoms with Gasteiger partial charge in [0.15, 0.2) is 0 Å². The maximum atomic E-state index is 13.5. The average Bonchev–Trinajstić information content (AvgIpc) is 3.12. The molecular weight excluding hydrogens is 448 g/mol. The topological polar surface area (TPSA) is 82.1 Å². The van der Waals surface area contributed by atoms with Crippen molar-refractivity contribution in [2.24, 2.45) is 10.9 Å². The maximum Gasteiger partial charge on any atom is 0.263 e. The standard InChI is InChI=1S/C26H32N4O3S/c1-3-20(2)24(27-25-22-13-7-8-14-23(22)34(32,33)28-25)26(31)30-18-16-29(17-19-30)15-9-12-21-10-5-4-6-11-21/h4-14,20,24H,3,15-19H2,1-2H3,(H,27,28)/b12-9+/t20-,24-/m0/s1. The summed E-state index contributed by atoms with van der Waals surface area (Å²) in [6.45, 7) is 7.72. The van der Waals surface area contributed by atoms with Crippen LogP contribution in [0.5, 0.6) is 0 Å². The molecule has 4 rings (SSSR count). The average molecular weight is 481 g/mol. The van der Waals surface area contributed by atoms with E-state index in [1.165, 1.54) is 5.56 Å². The Morgan fingerprint density at radius 1 is 1.06 bits per heavy atom. The van der Waals surface area contributed by atoms with Crippen LogP contribution in [0, 0.1) is 5.92 Å². The highest BCUT2D eigenvalue weighted by atomic mass is 32.2. The molecule has 0 spiro atoms. The molecular formula is C26H32N4O3S. The van der Waals surface area contributed by atoms with E-state index in [0.717, 1.165) is 26.1 Å². The highest BCUT2D eigenvalue weighted by Gasteiger charge is 2.35. The van der Waals surface area contributed by atoms with Gasteiger partial charge in [0.2, 0.25) is 5.91 Å². The lowest BCUT2D eigenvalue weighted by Gasteiger charge is -2.36. The van der Waals surface area contributed by atoms with E-state index in [1.807, 2.05) is 36.9 Å². The molecule has 2 aromatic carbocycles. The van der Waals surface area contributed by atoms with Crippen LogP contribution in [-0.2, 0) is 14.8 Å². The lowest BCUT2D eigenvalue weighted by Crippen LogP contribution is -2.52. The number of sulfonamides is 1. The molecule has 2 aromatic rings. The fourth-order valence-corrected chi connectivity index (χ4v) is 5.50. The monoisotopic (exact) mass is 480 g/mol. The predicted molar refractivity (Wildman–Crippen MR) is 135 cm³/mol. The zero-order valence-electron chi connectivity index (χ0n) is 19.7. The second-order valence-corrected chi connectivity index (χ2v) is 10.5. The van der Waals surface area contributed by atoms with Crippen molar-refractivity contribution in [1.82, 2.24) is 14.5 Å². The molecule has 0 radical (unpaired) electrons. The van der Waals surface area contributed by atoms with Crippen molar-refractivity contribution in [1.29, 1.82) is 0 Å². The third kappa shape index (κ3) is 5.39. The second kappa shape index (κ2) is 10.5. The van der Waals surface area contributed by atoms with Crippen LogP contribution in [0.1, 0.15) is 31.4 Å². The SMILES string of the molecule is CC[C@H](C)[C@H](N=C1NS(=O)(=O)c2ccccc21)C(=O)N1CCN(C/C=C/c2ccccc2)CC1. The van der Waals surface area contributed by atoms with E-state index in [9.17, 15) is 13.2 Å². The highest BCUT2D eigenvalue weighted by Crippen LogP contribution is 2.24. The van der Waals surface area contributed by atoms with Crippen molar-refractivity contribution in [3.8, 4) is 0 Å². The molecule has 0 bridgehead atoms. The maximum absolute atomic E-state index is 13.5. The molecule has 180 valence electrons. The molecule has 0 saturated carbocycles. The molecule has 0 aromatic heterocycles. The summed E-state index contributed by atoms with van der Waals surface area (Å²) in [5.41, 5.74) is 1.70. The van der Waals surface area contributed by atoms with Crippen LogP contribution in [0.3, 0.4) is 0 Å². The summed E-state index contributed by atoms with van der Waals surface area (Å²) in [5.74, 6) is 0.216. The van der Waals surface area contributed by atoms with Crippen LogP contribution < -0.4 is 4.72 Å². The summed E-state index contributed by atoms with van der Waals surface area (Å²) in [6, 6.07) is 16.3. The molecule has 2 heterocycles. The van der Waals surface area contributed by atoms with Crippen molar-refractivity contribution >= 4 is 27.8 Å². The lowest BCUT2D eigenvalue weighted by atomic mass is 9.97. The van der Waals surface area contributed by atoms with E-state index in [2.05, 4.69) is 38.9 Å². The number of fused-ring (bicyclic) bond motifs is 1. The number of hydrogen-bond acceptors (Lipinski definition) is 5. The van der Waals surface area contributed by atoms with E-state index in [-0.39, 0.29) is 22.6 Å². The summed E-state index contributed by atoms with van der Waals surface area (Å²) in [4.78, 5) is 22.6. The van der Waals surface area contributed by atoms with Gasteiger partial charge < -0.3 is 4.90 Å². The minimum atomic E-state index is -3.64. The summed E-state index contributed by atoms with van der Waals surface area (Å²) in [6.07, 6.45) is 5.04. The van der Waals surface area contributed by atoms with Gasteiger partial charge in [-0.1, -0.05) is 74.9 Å². The molecule has 2 aliphatic rings. The van der Waals surface area contributed by atoms with Crippen molar-refractivity contribution in [3.05, 3.63) is 71.8 Å². The van der Waals surface area contributed by atoms with Gasteiger partial charge in [0, 0.05) is 38.3 Å². The summed E-state index contributed by atoms with van der Waals surface area (Å²) in [7, 11) is -3.64. The molecule has 7 nitrogen and oxygen atoms in total. The van der Waals surface area contributed by atoms with Gasteiger partial charge in [-0.05, 0) is 23.6 Å². The molecule has 1 amide bonds. The van der Waals surface area contributed by atoms with Gasteiger partial charge in [-0.2, -0.15) is 0 Å². The van der Waals surface area contributed by atoms with Gasteiger partial charge in [0.25, 0.3) is 10.0 Å². The van der Waals surface area contributed by atoms with Crippen LogP contribution in [-0.4, -0.2) is 68.7 Å². The molecule has 1 saturated heterocycles. The Kier molecular flexibility index (Phi) is 7.48. The van der Waals surface area contributed by atoms with Crippen molar-refractivity contribution in [3.63, 3.8) is 0 Å². The minimum Gasteiger partial charge on any atom is -0.338 e. The highest BCUT2D eigenvalue weighted by molar-refractivity contribution is 7.90. The molecule has 2 atom stereocenters. The van der Waals surface area contributed by atoms with E-state index >= 15 is 0 Å². The van der Waals surface area contributed by atoms with E-state index in [0.29, 0.717) is 18.7 Å². The Bertz CT molecular complexity index is 1170. The zero-order chi connectivity index (χ0) is 24.1. The molecule has 8 heteroatoms. The Hall–Kier alpha value is -2.97. The van der Waals surface area contributed by atoms with Crippen molar-refractivity contribution < 1.29 is 13.2 Å². The quantitative estimate of drug-likeness (QED) is 0.661. The number of aliphatic imine (C=N–C) groups is 1. The normalized spacial score (nSPS) is 20.8. The second-order valence-electron chi connectivity index (χ2n) is 8.85. The smallest absolute Gasteiger partial charge is 0.263 e. The summed E-state index contributed by atoms with van der Waals surface area (Å²) >= 11 is 0. The number of nitrogens with zero attached hydrogens (tertiary/aromatic N) is 3. The molecule has 0 aliphatic carbocycles. The third-order valence-electron chi connectivity index (χ3n) is 6.52. The Morgan fingerprint density at radius 3 is 2.44 bits per heavy atom. The first-order valence-corrected chi connectivity index (χ1v) is 13.3. The van der Waals surface area contributed by atoms with Crippen LogP contribution in [0.25, 0.3) is 6.08 Å². The number of hydrogen-bond donors (Lipinski definition) is 1.